The van der Waals surface area contributed by atoms with Crippen molar-refractivity contribution in [2.24, 2.45) is 0 Å². The van der Waals surface area contributed by atoms with E-state index in [1.54, 1.807) is 24.0 Å². The van der Waals surface area contributed by atoms with Gasteiger partial charge in [-0.3, -0.25) is 9.59 Å². The molecule has 108 valence electrons. The molecule has 0 aliphatic carbocycles. The molecule has 7 heteroatoms. The molecule has 1 aromatic rings. The summed E-state index contributed by atoms with van der Waals surface area (Å²) < 4.78 is 0. The summed E-state index contributed by atoms with van der Waals surface area (Å²) in [6.07, 6.45) is 0.399. The van der Waals surface area contributed by atoms with E-state index in [1.165, 1.54) is 0 Å². The Morgan fingerprint density at radius 2 is 2.05 bits per heavy atom. The molecule has 1 heterocycles. The van der Waals surface area contributed by atoms with Crippen LogP contribution >= 0.6 is 23.2 Å². The summed E-state index contributed by atoms with van der Waals surface area (Å²) in [5, 5.41) is 12.5. The normalized spacial score (nSPS) is 17.6. The zero-order valence-corrected chi connectivity index (χ0v) is 12.3. The molecule has 2 N–H and O–H groups in total. The van der Waals surface area contributed by atoms with Crippen LogP contribution in [0.1, 0.15) is 19.8 Å². The van der Waals surface area contributed by atoms with Crippen LogP contribution in [-0.2, 0) is 9.59 Å². The van der Waals surface area contributed by atoms with Crippen LogP contribution in [0.5, 0.6) is 0 Å². The summed E-state index contributed by atoms with van der Waals surface area (Å²) in [7, 11) is 0. The maximum Gasteiger partial charge on any atom is 0.303 e. The molecule has 0 aromatic heterocycles. The fourth-order valence-electron chi connectivity index (χ4n) is 2.14. The minimum atomic E-state index is -0.880. The summed E-state index contributed by atoms with van der Waals surface area (Å²) in [5.41, 5.74) is 1.36. The van der Waals surface area contributed by atoms with Gasteiger partial charge in [0, 0.05) is 13.0 Å². The predicted molar refractivity (Wildman–Crippen MR) is 78.8 cm³/mol. The van der Waals surface area contributed by atoms with Crippen LogP contribution in [0, 0.1) is 0 Å². The summed E-state index contributed by atoms with van der Waals surface area (Å²) in [6, 6.07) is 2.91. The average Bonchev–Trinajstić information content (AvgIpc) is 2.36. The van der Waals surface area contributed by atoms with Crippen LogP contribution in [-0.4, -0.2) is 29.6 Å². The second-order valence-electron chi connectivity index (χ2n) is 4.64. The van der Waals surface area contributed by atoms with Crippen molar-refractivity contribution in [2.75, 3.05) is 16.8 Å². The van der Waals surface area contributed by atoms with Gasteiger partial charge < -0.3 is 15.3 Å². The number of hydrogen-bond donors (Lipinski definition) is 2. The number of anilines is 2. The minimum absolute atomic E-state index is 0.0161. The van der Waals surface area contributed by atoms with Crippen molar-refractivity contribution in [3.63, 3.8) is 0 Å². The molecule has 0 saturated heterocycles. The lowest BCUT2D eigenvalue weighted by Gasteiger charge is -2.34. The highest BCUT2D eigenvalue weighted by Crippen LogP contribution is 2.38. The molecule has 20 heavy (non-hydrogen) atoms. The molecule has 1 aliphatic heterocycles. The van der Waals surface area contributed by atoms with Gasteiger partial charge in [-0.2, -0.15) is 0 Å². The lowest BCUT2D eigenvalue weighted by atomic mass is 10.1. The Morgan fingerprint density at radius 1 is 1.40 bits per heavy atom. The zero-order valence-electron chi connectivity index (χ0n) is 10.8. The number of fused-ring (bicyclic) bond motifs is 1. The van der Waals surface area contributed by atoms with Crippen molar-refractivity contribution < 1.29 is 14.7 Å². The van der Waals surface area contributed by atoms with E-state index in [1.807, 2.05) is 0 Å². The van der Waals surface area contributed by atoms with Crippen LogP contribution in [0.25, 0.3) is 0 Å². The number of carboxylic acids is 1. The van der Waals surface area contributed by atoms with Crippen LogP contribution in [0.4, 0.5) is 11.4 Å². The highest BCUT2D eigenvalue weighted by atomic mass is 35.5. The molecule has 0 saturated carbocycles. The SMILES string of the molecule is CC1Nc2cc(Cl)c(Cl)cc2N(CCCC(=O)O)C1=O. The molecule has 2 rings (SSSR count). The number of nitrogens with zero attached hydrogens (tertiary/aromatic N) is 1. The zero-order chi connectivity index (χ0) is 14.9. The Balaban J connectivity index is 2.28. The number of carbonyl (C=O) groups excluding carboxylic acids is 1. The van der Waals surface area contributed by atoms with E-state index >= 15 is 0 Å². The Labute approximate surface area is 126 Å². The Kier molecular flexibility index (Phi) is 4.40. The molecule has 1 unspecified atom stereocenters. The molecule has 0 radical (unpaired) electrons. The maximum absolute atomic E-state index is 12.2. The first kappa shape index (κ1) is 14.9. The molecule has 1 atom stereocenters. The van der Waals surface area contributed by atoms with Gasteiger partial charge in [-0.05, 0) is 25.5 Å². The minimum Gasteiger partial charge on any atom is -0.481 e. The van der Waals surface area contributed by atoms with Gasteiger partial charge in [0.15, 0.2) is 0 Å². The highest BCUT2D eigenvalue weighted by Gasteiger charge is 2.30. The number of benzene rings is 1. The van der Waals surface area contributed by atoms with Crippen molar-refractivity contribution in [2.45, 2.75) is 25.8 Å². The van der Waals surface area contributed by atoms with Gasteiger partial charge in [0.2, 0.25) is 5.91 Å². The second-order valence-corrected chi connectivity index (χ2v) is 5.45. The van der Waals surface area contributed by atoms with E-state index in [2.05, 4.69) is 5.32 Å². The van der Waals surface area contributed by atoms with Gasteiger partial charge in [0.1, 0.15) is 6.04 Å². The molecular weight excluding hydrogens is 303 g/mol. The van der Waals surface area contributed by atoms with E-state index in [0.717, 1.165) is 5.69 Å². The Morgan fingerprint density at radius 3 is 2.70 bits per heavy atom. The van der Waals surface area contributed by atoms with Crippen LogP contribution in [0.3, 0.4) is 0 Å². The second kappa shape index (κ2) is 5.89. The molecule has 0 spiro atoms. The van der Waals surface area contributed by atoms with Crippen LogP contribution in [0.15, 0.2) is 12.1 Å². The monoisotopic (exact) mass is 316 g/mol. The van der Waals surface area contributed by atoms with Crippen LogP contribution in [0.2, 0.25) is 10.0 Å². The first-order chi connectivity index (χ1) is 9.40. The highest BCUT2D eigenvalue weighted by molar-refractivity contribution is 6.42. The van der Waals surface area contributed by atoms with Crippen molar-refractivity contribution in [3.8, 4) is 0 Å². The summed E-state index contributed by atoms with van der Waals surface area (Å²) in [6.45, 7) is 2.08. The van der Waals surface area contributed by atoms with E-state index < -0.39 is 5.97 Å². The third-order valence-corrected chi connectivity index (χ3v) is 3.83. The first-order valence-corrected chi connectivity index (χ1v) is 6.94. The number of nitrogens with one attached hydrogen (secondary N) is 1. The average molecular weight is 317 g/mol. The molecule has 0 bridgehead atoms. The summed E-state index contributed by atoms with van der Waals surface area (Å²) >= 11 is 12.0. The van der Waals surface area contributed by atoms with Crippen LogP contribution < -0.4 is 10.2 Å². The number of amides is 1. The van der Waals surface area contributed by atoms with Gasteiger partial charge >= 0.3 is 5.97 Å². The summed E-state index contributed by atoms with van der Waals surface area (Å²) in [4.78, 5) is 24.3. The number of hydrogen-bond acceptors (Lipinski definition) is 3. The molecule has 0 fully saturated rings. The van der Waals surface area contributed by atoms with E-state index in [4.69, 9.17) is 28.3 Å². The van der Waals surface area contributed by atoms with Gasteiger partial charge in [-0.15, -0.1) is 0 Å². The summed E-state index contributed by atoms with van der Waals surface area (Å²) in [5.74, 6) is -0.990. The fourth-order valence-corrected chi connectivity index (χ4v) is 2.46. The lowest BCUT2D eigenvalue weighted by Crippen LogP contribution is -2.46. The van der Waals surface area contributed by atoms with Gasteiger partial charge in [-0.1, -0.05) is 23.2 Å². The molecular formula is C13H14Cl2N2O3. The largest absolute Gasteiger partial charge is 0.481 e. The molecule has 1 amide bonds. The van der Waals surface area contributed by atoms with E-state index in [9.17, 15) is 9.59 Å². The number of aliphatic carboxylic acids is 1. The van der Waals surface area contributed by atoms with Gasteiger partial charge in [0.25, 0.3) is 0 Å². The van der Waals surface area contributed by atoms with Crippen molar-refractivity contribution in [1.82, 2.24) is 0 Å². The van der Waals surface area contributed by atoms with Gasteiger partial charge in [-0.25, -0.2) is 0 Å². The smallest absolute Gasteiger partial charge is 0.303 e. The number of carbonyl (C=O) groups is 2. The third kappa shape index (κ3) is 2.99. The molecule has 5 nitrogen and oxygen atoms in total. The Hall–Kier alpha value is -1.46. The number of carboxylic acid groups (broad SMARTS) is 1. The lowest BCUT2D eigenvalue weighted by molar-refractivity contribution is -0.137. The van der Waals surface area contributed by atoms with Crippen molar-refractivity contribution in [3.05, 3.63) is 22.2 Å². The first-order valence-electron chi connectivity index (χ1n) is 6.19. The number of halogens is 2. The van der Waals surface area contributed by atoms with Crippen molar-refractivity contribution in [1.29, 1.82) is 0 Å². The topological polar surface area (TPSA) is 69.6 Å². The fraction of sp³-hybridized carbons (Fsp3) is 0.385. The molecule has 1 aromatic carbocycles. The van der Waals surface area contributed by atoms with Crippen molar-refractivity contribution >= 4 is 46.5 Å². The maximum atomic E-state index is 12.2. The predicted octanol–water partition coefficient (Wildman–Crippen LogP) is 3.01. The quantitative estimate of drug-likeness (QED) is 0.895. The Bertz CT molecular complexity index is 563. The number of rotatable bonds is 4. The van der Waals surface area contributed by atoms with Gasteiger partial charge in [0.05, 0.1) is 21.4 Å². The standard InChI is InChI=1S/C13H14Cl2N2O3/c1-7-13(20)17(4-2-3-12(18)19)11-6-9(15)8(14)5-10(11)16-7/h5-7,16H,2-4H2,1H3,(H,18,19). The molecule has 1 aliphatic rings. The third-order valence-electron chi connectivity index (χ3n) is 3.11. The van der Waals surface area contributed by atoms with E-state index in [-0.39, 0.29) is 18.4 Å². The van der Waals surface area contributed by atoms with E-state index in [0.29, 0.717) is 28.7 Å².